The van der Waals surface area contributed by atoms with Gasteiger partial charge in [0.05, 0.1) is 12.0 Å². The number of amides is 1. The minimum absolute atomic E-state index is 0.113. The van der Waals surface area contributed by atoms with Gasteiger partial charge in [-0.25, -0.2) is 4.39 Å². The highest BCUT2D eigenvalue weighted by atomic mass is 19.1. The van der Waals surface area contributed by atoms with Crippen molar-refractivity contribution in [3.05, 3.63) is 35.6 Å². The predicted molar refractivity (Wildman–Crippen MR) is 70.9 cm³/mol. The summed E-state index contributed by atoms with van der Waals surface area (Å²) < 4.78 is 13.4. The van der Waals surface area contributed by atoms with Crippen LogP contribution in [-0.2, 0) is 11.3 Å². The molecule has 1 saturated carbocycles. The summed E-state index contributed by atoms with van der Waals surface area (Å²) in [5.41, 5.74) is -0.399. The Morgan fingerprint density at radius 1 is 1.26 bits per heavy atom. The normalized spacial score (nSPS) is 18.0. The van der Waals surface area contributed by atoms with Crippen LogP contribution in [0.4, 0.5) is 4.39 Å². The van der Waals surface area contributed by atoms with E-state index in [0.717, 1.165) is 19.3 Å². The molecule has 0 atom stereocenters. The van der Waals surface area contributed by atoms with E-state index in [1.54, 1.807) is 18.2 Å². The second-order valence-electron chi connectivity index (χ2n) is 5.33. The zero-order chi connectivity index (χ0) is 13.7. The van der Waals surface area contributed by atoms with Crippen LogP contribution < -0.4 is 5.32 Å². The molecule has 1 amide bonds. The van der Waals surface area contributed by atoms with Crippen molar-refractivity contribution in [1.29, 1.82) is 0 Å². The number of hydrogen-bond donors (Lipinski definition) is 2. The zero-order valence-corrected chi connectivity index (χ0v) is 11.0. The lowest BCUT2D eigenvalue weighted by Gasteiger charge is -2.31. The molecule has 19 heavy (non-hydrogen) atoms. The Labute approximate surface area is 112 Å². The van der Waals surface area contributed by atoms with Gasteiger partial charge in [0.15, 0.2) is 0 Å². The Morgan fingerprint density at radius 3 is 2.63 bits per heavy atom. The number of nitrogens with one attached hydrogen (secondary N) is 1. The number of aliphatic hydroxyl groups is 1. The first-order valence-electron chi connectivity index (χ1n) is 6.82. The average Bonchev–Trinajstić information content (AvgIpc) is 2.38. The summed E-state index contributed by atoms with van der Waals surface area (Å²) in [6.45, 7) is 0.168. The molecule has 3 nitrogen and oxygen atoms in total. The van der Waals surface area contributed by atoms with Crippen molar-refractivity contribution in [2.24, 2.45) is 0 Å². The molecule has 0 radical (unpaired) electrons. The quantitative estimate of drug-likeness (QED) is 0.879. The van der Waals surface area contributed by atoms with Crippen molar-refractivity contribution >= 4 is 5.91 Å². The Kier molecular flexibility index (Phi) is 4.53. The molecule has 1 aromatic carbocycles. The van der Waals surface area contributed by atoms with E-state index < -0.39 is 5.60 Å². The number of carbonyl (C=O) groups is 1. The number of carbonyl (C=O) groups excluding carboxylic acids is 1. The maximum Gasteiger partial charge on any atom is 0.223 e. The summed E-state index contributed by atoms with van der Waals surface area (Å²) in [4.78, 5) is 11.8. The molecule has 1 aliphatic carbocycles. The number of hydrogen-bond acceptors (Lipinski definition) is 2. The molecule has 0 unspecified atom stereocenters. The maximum absolute atomic E-state index is 13.4. The van der Waals surface area contributed by atoms with Crippen LogP contribution in [0, 0.1) is 5.82 Å². The molecule has 0 heterocycles. The van der Waals surface area contributed by atoms with Crippen LogP contribution in [0.25, 0.3) is 0 Å². The summed E-state index contributed by atoms with van der Waals surface area (Å²) in [6.07, 6.45) is 4.54. The molecule has 0 aromatic heterocycles. The topological polar surface area (TPSA) is 49.3 Å². The second-order valence-corrected chi connectivity index (χ2v) is 5.33. The van der Waals surface area contributed by atoms with Gasteiger partial charge in [-0.3, -0.25) is 4.79 Å². The first-order valence-corrected chi connectivity index (χ1v) is 6.82. The molecular weight excluding hydrogens is 245 g/mol. The summed E-state index contributed by atoms with van der Waals surface area (Å²) in [5.74, 6) is -0.535. The predicted octanol–water partition coefficient (Wildman–Crippen LogP) is 2.53. The Hall–Kier alpha value is -1.42. The van der Waals surface area contributed by atoms with Crippen LogP contribution in [0.3, 0.4) is 0 Å². The Bertz CT molecular complexity index is 442. The van der Waals surface area contributed by atoms with E-state index in [0.29, 0.717) is 18.4 Å². The molecule has 1 fully saturated rings. The third kappa shape index (κ3) is 4.03. The highest BCUT2D eigenvalue weighted by Crippen LogP contribution is 2.30. The average molecular weight is 265 g/mol. The van der Waals surface area contributed by atoms with Gasteiger partial charge >= 0.3 is 0 Å². The molecule has 2 N–H and O–H groups in total. The van der Waals surface area contributed by atoms with Gasteiger partial charge in [-0.2, -0.15) is 0 Å². The summed E-state index contributed by atoms with van der Waals surface area (Å²) in [7, 11) is 0. The first kappa shape index (κ1) is 14.0. The van der Waals surface area contributed by atoms with Gasteiger partial charge in [0, 0.05) is 12.1 Å². The van der Waals surface area contributed by atoms with Crippen LogP contribution in [0.1, 0.15) is 44.1 Å². The highest BCUT2D eigenvalue weighted by Gasteiger charge is 2.31. The number of rotatable bonds is 4. The Morgan fingerprint density at radius 2 is 1.95 bits per heavy atom. The molecule has 4 heteroatoms. The van der Waals surface area contributed by atoms with Gasteiger partial charge in [-0.15, -0.1) is 0 Å². The Balaban J connectivity index is 1.83. The van der Waals surface area contributed by atoms with E-state index in [-0.39, 0.29) is 24.7 Å². The minimum atomic E-state index is -0.864. The van der Waals surface area contributed by atoms with Crippen molar-refractivity contribution in [1.82, 2.24) is 5.32 Å². The first-order chi connectivity index (χ1) is 9.09. The van der Waals surface area contributed by atoms with Gasteiger partial charge < -0.3 is 10.4 Å². The van der Waals surface area contributed by atoms with Gasteiger partial charge in [0.2, 0.25) is 5.91 Å². The number of benzene rings is 1. The lowest BCUT2D eigenvalue weighted by molar-refractivity contribution is -0.127. The molecule has 1 aromatic rings. The monoisotopic (exact) mass is 265 g/mol. The fourth-order valence-corrected chi connectivity index (χ4v) is 2.58. The lowest BCUT2D eigenvalue weighted by atomic mass is 9.82. The van der Waals surface area contributed by atoms with E-state index >= 15 is 0 Å². The van der Waals surface area contributed by atoms with Crippen LogP contribution >= 0.6 is 0 Å². The van der Waals surface area contributed by atoms with Gasteiger partial charge in [-0.05, 0) is 18.9 Å². The van der Waals surface area contributed by atoms with E-state index in [1.165, 1.54) is 6.07 Å². The summed E-state index contributed by atoms with van der Waals surface area (Å²) in [6, 6.07) is 6.37. The largest absolute Gasteiger partial charge is 0.389 e. The summed E-state index contributed by atoms with van der Waals surface area (Å²) in [5, 5.41) is 12.9. The standard InChI is InChI=1S/C15H20FNO2/c16-13-7-3-2-6-12(13)11-17-14(18)10-15(19)8-4-1-5-9-15/h2-3,6-7,19H,1,4-5,8-11H2,(H,17,18). The lowest BCUT2D eigenvalue weighted by Crippen LogP contribution is -2.38. The molecule has 2 rings (SSSR count). The van der Waals surface area contributed by atoms with Crippen LogP contribution in [0.15, 0.2) is 24.3 Å². The summed E-state index contributed by atoms with van der Waals surface area (Å²) >= 11 is 0. The molecule has 104 valence electrons. The highest BCUT2D eigenvalue weighted by molar-refractivity contribution is 5.77. The third-order valence-electron chi connectivity index (χ3n) is 3.71. The van der Waals surface area contributed by atoms with E-state index in [9.17, 15) is 14.3 Å². The van der Waals surface area contributed by atoms with E-state index in [1.807, 2.05) is 0 Å². The SMILES string of the molecule is O=C(CC1(O)CCCCC1)NCc1ccccc1F. The second kappa shape index (κ2) is 6.15. The van der Waals surface area contributed by atoms with E-state index in [4.69, 9.17) is 0 Å². The molecular formula is C15H20FNO2. The van der Waals surface area contributed by atoms with Crippen molar-refractivity contribution in [2.45, 2.75) is 50.7 Å². The van der Waals surface area contributed by atoms with Gasteiger partial charge in [-0.1, -0.05) is 37.5 Å². The van der Waals surface area contributed by atoms with Gasteiger partial charge in [0.1, 0.15) is 5.82 Å². The van der Waals surface area contributed by atoms with Crippen LogP contribution in [0.2, 0.25) is 0 Å². The van der Waals surface area contributed by atoms with Crippen molar-refractivity contribution in [2.75, 3.05) is 0 Å². The van der Waals surface area contributed by atoms with E-state index in [2.05, 4.69) is 5.32 Å². The molecule has 0 spiro atoms. The fraction of sp³-hybridized carbons (Fsp3) is 0.533. The van der Waals surface area contributed by atoms with Crippen LogP contribution in [0.5, 0.6) is 0 Å². The smallest absolute Gasteiger partial charge is 0.223 e. The maximum atomic E-state index is 13.4. The molecule has 0 aliphatic heterocycles. The molecule has 0 bridgehead atoms. The minimum Gasteiger partial charge on any atom is -0.389 e. The van der Waals surface area contributed by atoms with Crippen molar-refractivity contribution in [3.63, 3.8) is 0 Å². The fourth-order valence-electron chi connectivity index (χ4n) is 2.58. The van der Waals surface area contributed by atoms with Crippen molar-refractivity contribution < 1.29 is 14.3 Å². The van der Waals surface area contributed by atoms with Gasteiger partial charge in [0.25, 0.3) is 0 Å². The van der Waals surface area contributed by atoms with Crippen molar-refractivity contribution in [3.8, 4) is 0 Å². The molecule has 1 aliphatic rings. The molecule has 0 saturated heterocycles. The van der Waals surface area contributed by atoms with Crippen LogP contribution in [-0.4, -0.2) is 16.6 Å². The number of halogens is 1. The zero-order valence-electron chi connectivity index (χ0n) is 11.0. The third-order valence-corrected chi connectivity index (χ3v) is 3.71.